The molecule has 0 bridgehead atoms. The van der Waals surface area contributed by atoms with Gasteiger partial charge in [-0.2, -0.15) is 0 Å². The highest BCUT2D eigenvalue weighted by atomic mass is 16.6. The standard InChI is InChI=1S/C15H18N2O4/c18-14(19)15-7-3-5-12(15)9-16(10-15)8-11-4-1-2-6-13(11)17(20)21/h1-2,4,6,12H,3,5,7-10H2,(H,18,19)/t12-,15+/m0/s1. The third-order valence-electron chi connectivity index (χ3n) is 4.95. The minimum Gasteiger partial charge on any atom is -0.481 e. The van der Waals surface area contributed by atoms with Crippen LogP contribution in [0.2, 0.25) is 0 Å². The molecule has 6 nitrogen and oxygen atoms in total. The fourth-order valence-electron chi connectivity index (χ4n) is 3.93. The van der Waals surface area contributed by atoms with Crippen LogP contribution in [0.25, 0.3) is 0 Å². The number of para-hydroxylation sites is 1. The largest absolute Gasteiger partial charge is 0.481 e. The first-order chi connectivity index (χ1) is 10.0. The van der Waals surface area contributed by atoms with Crippen LogP contribution >= 0.6 is 0 Å². The number of carboxylic acids is 1. The van der Waals surface area contributed by atoms with Gasteiger partial charge in [0.2, 0.25) is 0 Å². The van der Waals surface area contributed by atoms with E-state index < -0.39 is 11.4 Å². The molecule has 1 aromatic carbocycles. The Kier molecular flexibility index (Phi) is 3.41. The van der Waals surface area contributed by atoms with E-state index in [-0.39, 0.29) is 16.5 Å². The van der Waals surface area contributed by atoms with Crippen molar-refractivity contribution < 1.29 is 14.8 Å². The highest BCUT2D eigenvalue weighted by Gasteiger charge is 2.54. The maximum atomic E-state index is 11.6. The molecular formula is C15H18N2O4. The normalized spacial score (nSPS) is 28.5. The zero-order valence-corrected chi connectivity index (χ0v) is 11.7. The van der Waals surface area contributed by atoms with Crippen molar-refractivity contribution in [3.05, 3.63) is 39.9 Å². The minimum atomic E-state index is -0.713. The predicted molar refractivity (Wildman–Crippen MR) is 75.8 cm³/mol. The number of rotatable bonds is 4. The van der Waals surface area contributed by atoms with E-state index >= 15 is 0 Å². The number of nitro benzene ring substituents is 1. The Balaban J connectivity index is 1.79. The van der Waals surface area contributed by atoms with Gasteiger partial charge < -0.3 is 5.11 Å². The first-order valence-electron chi connectivity index (χ1n) is 7.21. The Hall–Kier alpha value is -1.95. The van der Waals surface area contributed by atoms with E-state index in [1.54, 1.807) is 18.2 Å². The third kappa shape index (κ3) is 2.29. The van der Waals surface area contributed by atoms with Crippen LogP contribution in [0, 0.1) is 21.4 Å². The molecule has 1 heterocycles. The number of hydrogen-bond acceptors (Lipinski definition) is 4. The van der Waals surface area contributed by atoms with E-state index in [2.05, 4.69) is 4.90 Å². The average Bonchev–Trinajstić information content (AvgIpc) is 2.96. The summed E-state index contributed by atoms with van der Waals surface area (Å²) in [6.07, 6.45) is 2.64. The van der Waals surface area contributed by atoms with Crippen molar-refractivity contribution in [3.63, 3.8) is 0 Å². The minimum absolute atomic E-state index is 0.110. The van der Waals surface area contributed by atoms with E-state index in [1.165, 1.54) is 6.07 Å². The summed E-state index contributed by atoms with van der Waals surface area (Å²) in [7, 11) is 0. The molecule has 1 aliphatic carbocycles. The van der Waals surface area contributed by atoms with Gasteiger partial charge >= 0.3 is 5.97 Å². The molecule has 2 aliphatic rings. The molecule has 0 amide bonds. The van der Waals surface area contributed by atoms with Crippen LogP contribution in [0.4, 0.5) is 5.69 Å². The summed E-state index contributed by atoms with van der Waals surface area (Å²) in [6.45, 7) is 1.67. The van der Waals surface area contributed by atoms with Crippen molar-refractivity contribution >= 4 is 11.7 Å². The summed E-state index contributed by atoms with van der Waals surface area (Å²) >= 11 is 0. The van der Waals surface area contributed by atoms with E-state index in [9.17, 15) is 20.0 Å². The second-order valence-electron chi connectivity index (χ2n) is 6.11. The Morgan fingerprint density at radius 2 is 2.24 bits per heavy atom. The van der Waals surface area contributed by atoms with Crippen molar-refractivity contribution in [1.29, 1.82) is 0 Å². The van der Waals surface area contributed by atoms with Crippen LogP contribution in [0.3, 0.4) is 0 Å². The van der Waals surface area contributed by atoms with Gasteiger partial charge in [0, 0.05) is 31.3 Å². The number of nitrogens with zero attached hydrogens (tertiary/aromatic N) is 2. The van der Waals surface area contributed by atoms with Gasteiger partial charge in [0.25, 0.3) is 5.69 Å². The Bertz CT molecular complexity index is 589. The van der Waals surface area contributed by atoms with Gasteiger partial charge in [-0.1, -0.05) is 24.6 Å². The number of nitro groups is 1. The molecule has 0 spiro atoms. The quantitative estimate of drug-likeness (QED) is 0.679. The van der Waals surface area contributed by atoms with Gasteiger partial charge in [0.05, 0.1) is 10.3 Å². The van der Waals surface area contributed by atoms with Crippen molar-refractivity contribution in [2.24, 2.45) is 11.3 Å². The Labute approximate surface area is 122 Å². The Morgan fingerprint density at radius 1 is 1.48 bits per heavy atom. The molecule has 112 valence electrons. The SMILES string of the molecule is O=C(O)[C@@]12CCC[C@H]1CN(Cc1ccccc1[N+](=O)[O-])C2. The molecular weight excluding hydrogens is 272 g/mol. The van der Waals surface area contributed by atoms with Crippen LogP contribution in [0.5, 0.6) is 0 Å². The van der Waals surface area contributed by atoms with Gasteiger partial charge in [0.1, 0.15) is 0 Å². The lowest BCUT2D eigenvalue weighted by atomic mass is 9.81. The molecule has 1 saturated heterocycles. The average molecular weight is 290 g/mol. The number of aliphatic carboxylic acids is 1. The van der Waals surface area contributed by atoms with Crippen LogP contribution in [-0.4, -0.2) is 34.0 Å². The van der Waals surface area contributed by atoms with Gasteiger partial charge in [-0.05, 0) is 18.8 Å². The summed E-state index contributed by atoms with van der Waals surface area (Å²) in [4.78, 5) is 24.4. The zero-order valence-electron chi connectivity index (χ0n) is 11.7. The molecule has 21 heavy (non-hydrogen) atoms. The van der Waals surface area contributed by atoms with E-state index in [4.69, 9.17) is 0 Å². The molecule has 0 radical (unpaired) electrons. The van der Waals surface area contributed by atoms with Gasteiger partial charge in [0.15, 0.2) is 0 Å². The first-order valence-corrected chi connectivity index (χ1v) is 7.21. The number of fused-ring (bicyclic) bond motifs is 1. The summed E-state index contributed by atoms with van der Waals surface area (Å²) in [5, 5.41) is 20.6. The molecule has 2 fully saturated rings. The molecule has 1 aromatic rings. The highest BCUT2D eigenvalue weighted by Crippen LogP contribution is 2.49. The van der Waals surface area contributed by atoms with E-state index in [0.29, 0.717) is 18.7 Å². The van der Waals surface area contributed by atoms with Gasteiger partial charge in [-0.25, -0.2) is 0 Å². The molecule has 1 N–H and O–H groups in total. The van der Waals surface area contributed by atoms with Crippen molar-refractivity contribution in [1.82, 2.24) is 4.90 Å². The Morgan fingerprint density at radius 3 is 2.90 bits per heavy atom. The smallest absolute Gasteiger partial charge is 0.311 e. The van der Waals surface area contributed by atoms with Gasteiger partial charge in [-0.3, -0.25) is 19.8 Å². The second kappa shape index (κ2) is 5.11. The van der Waals surface area contributed by atoms with Crippen molar-refractivity contribution in [2.75, 3.05) is 13.1 Å². The predicted octanol–water partition coefficient (Wildman–Crippen LogP) is 2.28. The van der Waals surface area contributed by atoms with Gasteiger partial charge in [-0.15, -0.1) is 0 Å². The summed E-state index contributed by atoms with van der Waals surface area (Å²) in [6, 6.07) is 6.68. The molecule has 0 unspecified atom stereocenters. The maximum Gasteiger partial charge on any atom is 0.311 e. The topological polar surface area (TPSA) is 83.7 Å². The molecule has 1 saturated carbocycles. The zero-order chi connectivity index (χ0) is 15.0. The summed E-state index contributed by atoms with van der Waals surface area (Å²) in [5.74, 6) is -0.534. The third-order valence-corrected chi connectivity index (χ3v) is 4.95. The highest BCUT2D eigenvalue weighted by molar-refractivity contribution is 5.76. The van der Waals surface area contributed by atoms with Crippen LogP contribution < -0.4 is 0 Å². The number of carbonyl (C=O) groups is 1. The molecule has 0 aromatic heterocycles. The maximum absolute atomic E-state index is 11.6. The van der Waals surface area contributed by atoms with Crippen LogP contribution in [0.1, 0.15) is 24.8 Å². The summed E-state index contributed by atoms with van der Waals surface area (Å²) < 4.78 is 0. The monoisotopic (exact) mass is 290 g/mol. The molecule has 3 rings (SSSR count). The number of hydrogen-bond donors (Lipinski definition) is 1. The fourth-order valence-corrected chi connectivity index (χ4v) is 3.93. The molecule has 6 heteroatoms. The number of benzene rings is 1. The fraction of sp³-hybridized carbons (Fsp3) is 0.533. The lowest BCUT2D eigenvalue weighted by Gasteiger charge is -2.23. The summed E-state index contributed by atoms with van der Waals surface area (Å²) in [5.41, 5.74) is 0.130. The number of likely N-dealkylation sites (tertiary alicyclic amines) is 1. The lowest BCUT2D eigenvalue weighted by Crippen LogP contribution is -2.35. The van der Waals surface area contributed by atoms with E-state index in [0.717, 1.165) is 25.8 Å². The van der Waals surface area contributed by atoms with E-state index in [1.807, 2.05) is 0 Å². The van der Waals surface area contributed by atoms with Crippen LogP contribution in [-0.2, 0) is 11.3 Å². The van der Waals surface area contributed by atoms with Crippen molar-refractivity contribution in [2.45, 2.75) is 25.8 Å². The molecule has 2 atom stereocenters. The van der Waals surface area contributed by atoms with Crippen LogP contribution in [0.15, 0.2) is 24.3 Å². The lowest BCUT2D eigenvalue weighted by molar-refractivity contribution is -0.385. The number of carboxylic acid groups (broad SMARTS) is 1. The second-order valence-corrected chi connectivity index (χ2v) is 6.11. The first kappa shape index (κ1) is 14.0. The van der Waals surface area contributed by atoms with Crippen molar-refractivity contribution in [3.8, 4) is 0 Å². The molecule has 1 aliphatic heterocycles.